The lowest BCUT2D eigenvalue weighted by molar-refractivity contribution is -0.134. The highest BCUT2D eigenvalue weighted by Gasteiger charge is 2.23. The molecule has 1 fully saturated rings. The van der Waals surface area contributed by atoms with Crippen molar-refractivity contribution in [2.75, 3.05) is 26.4 Å². The van der Waals surface area contributed by atoms with Crippen LogP contribution in [-0.2, 0) is 9.53 Å². The third kappa shape index (κ3) is 3.27. The van der Waals surface area contributed by atoms with E-state index in [2.05, 4.69) is 0 Å². The summed E-state index contributed by atoms with van der Waals surface area (Å²) in [5, 5.41) is 8.57. The largest absolute Gasteiger partial charge is 0.394 e. The number of ether oxygens (including phenoxy) is 1. The molecule has 0 aromatic carbocycles. The Balaban J connectivity index is 2.34. The Bertz CT molecular complexity index is 184. The molecule has 0 aliphatic carbocycles. The van der Waals surface area contributed by atoms with E-state index < -0.39 is 0 Å². The van der Waals surface area contributed by atoms with Crippen LogP contribution in [0.4, 0.5) is 0 Å². The summed E-state index contributed by atoms with van der Waals surface area (Å²) in [6, 6.07) is 0.216. The molecule has 0 unspecified atom stereocenters. The molecule has 1 N–H and O–H groups in total. The number of nitrogens with zero attached hydrogens (tertiary/aromatic N) is 1. The first-order valence-electron chi connectivity index (χ1n) is 5.21. The quantitative estimate of drug-likeness (QED) is 0.670. The van der Waals surface area contributed by atoms with Crippen LogP contribution in [0.3, 0.4) is 0 Å². The van der Waals surface area contributed by atoms with Crippen molar-refractivity contribution in [3.8, 4) is 0 Å². The summed E-state index contributed by atoms with van der Waals surface area (Å²) < 4.78 is 5.26. The average Bonchev–Trinajstić information content (AvgIpc) is 2.19. The SMILES string of the molecule is CC(=O)N1CCCC[C@H]1COCCO. The molecule has 0 saturated carbocycles. The predicted octanol–water partition coefficient (Wildman–Crippen LogP) is 0.396. The smallest absolute Gasteiger partial charge is 0.219 e. The first-order valence-corrected chi connectivity index (χ1v) is 5.21. The topological polar surface area (TPSA) is 49.8 Å². The number of rotatable bonds is 4. The molecule has 82 valence electrons. The molecule has 1 aliphatic rings. The third-order valence-electron chi connectivity index (χ3n) is 2.58. The minimum atomic E-state index is 0.0484. The summed E-state index contributed by atoms with van der Waals surface area (Å²) in [5.74, 6) is 0.127. The van der Waals surface area contributed by atoms with Gasteiger partial charge in [-0.1, -0.05) is 0 Å². The van der Waals surface area contributed by atoms with E-state index in [0.717, 1.165) is 25.8 Å². The van der Waals surface area contributed by atoms with Gasteiger partial charge in [-0.3, -0.25) is 4.79 Å². The van der Waals surface area contributed by atoms with Crippen LogP contribution >= 0.6 is 0 Å². The summed E-state index contributed by atoms with van der Waals surface area (Å²) in [5.41, 5.74) is 0. The first kappa shape index (κ1) is 11.5. The van der Waals surface area contributed by atoms with Crippen LogP contribution in [0.5, 0.6) is 0 Å². The van der Waals surface area contributed by atoms with Gasteiger partial charge in [-0.05, 0) is 19.3 Å². The summed E-state index contributed by atoms with van der Waals surface area (Å²) in [6.45, 7) is 3.42. The highest BCUT2D eigenvalue weighted by atomic mass is 16.5. The van der Waals surface area contributed by atoms with E-state index in [1.807, 2.05) is 4.90 Å². The fraction of sp³-hybridized carbons (Fsp3) is 0.900. The van der Waals surface area contributed by atoms with Crippen molar-refractivity contribution in [3.05, 3.63) is 0 Å². The molecule has 4 nitrogen and oxygen atoms in total. The van der Waals surface area contributed by atoms with E-state index >= 15 is 0 Å². The number of likely N-dealkylation sites (tertiary alicyclic amines) is 1. The maximum absolute atomic E-state index is 11.3. The van der Waals surface area contributed by atoms with E-state index in [0.29, 0.717) is 13.2 Å². The second-order valence-corrected chi connectivity index (χ2v) is 3.66. The highest BCUT2D eigenvalue weighted by molar-refractivity contribution is 5.73. The highest BCUT2D eigenvalue weighted by Crippen LogP contribution is 2.17. The number of piperidine rings is 1. The van der Waals surface area contributed by atoms with Crippen LogP contribution < -0.4 is 0 Å². The Labute approximate surface area is 84.8 Å². The van der Waals surface area contributed by atoms with Gasteiger partial charge in [-0.15, -0.1) is 0 Å². The number of amides is 1. The van der Waals surface area contributed by atoms with Gasteiger partial charge in [0, 0.05) is 13.5 Å². The van der Waals surface area contributed by atoms with Crippen LogP contribution in [0, 0.1) is 0 Å². The summed E-state index contributed by atoms with van der Waals surface area (Å²) >= 11 is 0. The number of aliphatic hydroxyl groups excluding tert-OH is 1. The molecule has 0 bridgehead atoms. The number of carbonyl (C=O) groups excluding carboxylic acids is 1. The third-order valence-corrected chi connectivity index (χ3v) is 2.58. The number of carbonyl (C=O) groups is 1. The summed E-state index contributed by atoms with van der Waals surface area (Å²) in [4.78, 5) is 13.1. The van der Waals surface area contributed by atoms with Gasteiger partial charge in [-0.25, -0.2) is 0 Å². The molecule has 1 saturated heterocycles. The van der Waals surface area contributed by atoms with E-state index in [1.165, 1.54) is 0 Å². The molecule has 0 aromatic heterocycles. The lowest BCUT2D eigenvalue weighted by atomic mass is 10.0. The van der Waals surface area contributed by atoms with Gasteiger partial charge >= 0.3 is 0 Å². The van der Waals surface area contributed by atoms with Gasteiger partial charge in [0.15, 0.2) is 0 Å². The Morgan fingerprint density at radius 1 is 1.57 bits per heavy atom. The standard InChI is InChI=1S/C10H19NO3/c1-9(13)11-5-3-2-4-10(11)8-14-7-6-12/h10,12H,2-8H2,1H3/t10-/m0/s1. The molecule has 0 spiro atoms. The fourth-order valence-electron chi connectivity index (χ4n) is 1.87. The summed E-state index contributed by atoms with van der Waals surface area (Å²) in [6.07, 6.45) is 3.28. The molecular formula is C10H19NO3. The van der Waals surface area contributed by atoms with Gasteiger partial charge in [0.2, 0.25) is 5.91 Å². The second-order valence-electron chi connectivity index (χ2n) is 3.66. The van der Waals surface area contributed by atoms with Crippen molar-refractivity contribution in [2.24, 2.45) is 0 Å². The minimum absolute atomic E-state index is 0.0484. The van der Waals surface area contributed by atoms with Gasteiger partial charge in [0.05, 0.1) is 25.9 Å². The van der Waals surface area contributed by atoms with E-state index in [1.54, 1.807) is 6.92 Å². The zero-order chi connectivity index (χ0) is 10.4. The van der Waals surface area contributed by atoms with Gasteiger partial charge in [0.25, 0.3) is 0 Å². The summed E-state index contributed by atoms with van der Waals surface area (Å²) in [7, 11) is 0. The monoisotopic (exact) mass is 201 g/mol. The van der Waals surface area contributed by atoms with Gasteiger partial charge < -0.3 is 14.7 Å². The molecular weight excluding hydrogens is 182 g/mol. The Morgan fingerprint density at radius 2 is 2.36 bits per heavy atom. The van der Waals surface area contributed by atoms with E-state index in [-0.39, 0.29) is 18.6 Å². The first-order chi connectivity index (χ1) is 6.75. The van der Waals surface area contributed by atoms with Gasteiger partial charge in [0.1, 0.15) is 0 Å². The zero-order valence-electron chi connectivity index (χ0n) is 8.74. The number of aliphatic hydroxyl groups is 1. The van der Waals surface area contributed by atoms with E-state index in [4.69, 9.17) is 9.84 Å². The van der Waals surface area contributed by atoms with Crippen LogP contribution in [0.25, 0.3) is 0 Å². The Hall–Kier alpha value is -0.610. The minimum Gasteiger partial charge on any atom is -0.394 e. The molecule has 14 heavy (non-hydrogen) atoms. The van der Waals surface area contributed by atoms with E-state index in [9.17, 15) is 4.79 Å². The van der Waals surface area contributed by atoms with Gasteiger partial charge in [-0.2, -0.15) is 0 Å². The molecule has 1 atom stereocenters. The van der Waals surface area contributed by atoms with Crippen LogP contribution in [0.15, 0.2) is 0 Å². The molecule has 1 aliphatic heterocycles. The maximum atomic E-state index is 11.3. The molecule has 1 amide bonds. The number of hydrogen-bond acceptors (Lipinski definition) is 3. The van der Waals surface area contributed by atoms with Crippen molar-refractivity contribution >= 4 is 5.91 Å². The average molecular weight is 201 g/mol. The molecule has 1 rings (SSSR count). The predicted molar refractivity (Wildman–Crippen MR) is 52.9 cm³/mol. The Kier molecular flexibility index (Phi) is 4.90. The molecule has 1 heterocycles. The molecule has 4 heteroatoms. The second kappa shape index (κ2) is 5.98. The van der Waals surface area contributed by atoms with Crippen molar-refractivity contribution in [3.63, 3.8) is 0 Å². The van der Waals surface area contributed by atoms with Crippen molar-refractivity contribution in [1.29, 1.82) is 0 Å². The number of hydrogen-bond donors (Lipinski definition) is 1. The van der Waals surface area contributed by atoms with Crippen molar-refractivity contribution in [1.82, 2.24) is 4.90 Å². The maximum Gasteiger partial charge on any atom is 0.219 e. The lowest BCUT2D eigenvalue weighted by Crippen LogP contribution is -2.45. The lowest BCUT2D eigenvalue weighted by Gasteiger charge is -2.34. The zero-order valence-corrected chi connectivity index (χ0v) is 8.74. The molecule has 0 aromatic rings. The van der Waals surface area contributed by atoms with Crippen LogP contribution in [0.1, 0.15) is 26.2 Å². The normalized spacial score (nSPS) is 22.4. The Morgan fingerprint density at radius 3 is 3.00 bits per heavy atom. The van der Waals surface area contributed by atoms with Crippen LogP contribution in [0.2, 0.25) is 0 Å². The van der Waals surface area contributed by atoms with Crippen molar-refractivity contribution < 1.29 is 14.6 Å². The van der Waals surface area contributed by atoms with Crippen LogP contribution in [-0.4, -0.2) is 48.3 Å². The molecule has 0 radical (unpaired) electrons. The fourth-order valence-corrected chi connectivity index (χ4v) is 1.87. The van der Waals surface area contributed by atoms with Crippen molar-refractivity contribution in [2.45, 2.75) is 32.2 Å².